The second-order valence-corrected chi connectivity index (χ2v) is 5.82. The Morgan fingerprint density at radius 2 is 2.04 bits per heavy atom. The molecule has 3 rings (SSSR count). The van der Waals surface area contributed by atoms with E-state index in [9.17, 15) is 13.2 Å². The monoisotopic (exact) mass is 390 g/mol. The summed E-state index contributed by atoms with van der Waals surface area (Å²) in [7, 11) is 2.97. The summed E-state index contributed by atoms with van der Waals surface area (Å²) in [5.74, 6) is -0.152. The Hall–Kier alpha value is -3.43. The third-order valence-corrected chi connectivity index (χ3v) is 3.89. The summed E-state index contributed by atoms with van der Waals surface area (Å²) in [6, 6.07) is 8.02. The van der Waals surface area contributed by atoms with Gasteiger partial charge in [0.2, 0.25) is 11.9 Å². The molecule has 0 spiro atoms. The van der Waals surface area contributed by atoms with E-state index in [-0.39, 0.29) is 17.2 Å². The molecule has 3 aromatic rings. The van der Waals surface area contributed by atoms with Crippen molar-refractivity contribution in [3.63, 3.8) is 0 Å². The van der Waals surface area contributed by atoms with Gasteiger partial charge in [0, 0.05) is 12.6 Å². The molecule has 0 unspecified atom stereocenters. The summed E-state index contributed by atoms with van der Waals surface area (Å²) in [5.41, 5.74) is 3.46. The third kappa shape index (κ3) is 4.11. The van der Waals surface area contributed by atoms with Crippen LogP contribution < -0.4 is 10.2 Å². The maximum absolute atomic E-state index is 13.9. The van der Waals surface area contributed by atoms with Crippen molar-refractivity contribution >= 4 is 12.2 Å². The highest BCUT2D eigenvalue weighted by molar-refractivity contribution is 5.81. The average molecular weight is 390 g/mol. The number of aromatic nitrogens is 4. The lowest BCUT2D eigenvalue weighted by molar-refractivity contribution is 0.146. The standard InChI is InChI=1S/C18H17F3N6O/c1-10-13(17(21)27(2)26-10)9-22-25-18-23-14(8-15(24-18)16(19)20)11-5-4-6-12(7-11)28-3/h4-9,16H,1-3H3,(H,23,24,25)/b22-9-. The normalized spacial score (nSPS) is 11.4. The van der Waals surface area contributed by atoms with Gasteiger partial charge >= 0.3 is 0 Å². The topological polar surface area (TPSA) is 77.2 Å². The molecule has 0 saturated carbocycles. The fraction of sp³-hybridized carbons (Fsp3) is 0.222. The van der Waals surface area contributed by atoms with Crippen LogP contribution in [0.15, 0.2) is 35.4 Å². The Bertz CT molecular complexity index is 1020. The predicted molar refractivity (Wildman–Crippen MR) is 98.1 cm³/mol. The quantitative estimate of drug-likeness (QED) is 0.513. The number of aryl methyl sites for hydroxylation is 2. The molecule has 0 aliphatic rings. The Morgan fingerprint density at radius 3 is 2.68 bits per heavy atom. The first-order valence-corrected chi connectivity index (χ1v) is 8.18. The highest BCUT2D eigenvalue weighted by Gasteiger charge is 2.15. The fourth-order valence-corrected chi connectivity index (χ4v) is 2.51. The Balaban J connectivity index is 1.92. The molecule has 1 aromatic carbocycles. The summed E-state index contributed by atoms with van der Waals surface area (Å²) in [6.45, 7) is 1.62. The number of alkyl halides is 2. The van der Waals surface area contributed by atoms with Crippen molar-refractivity contribution in [1.29, 1.82) is 0 Å². The van der Waals surface area contributed by atoms with Crippen molar-refractivity contribution in [3.05, 3.63) is 53.2 Å². The van der Waals surface area contributed by atoms with E-state index in [2.05, 4.69) is 25.6 Å². The molecule has 146 valence electrons. The fourth-order valence-electron chi connectivity index (χ4n) is 2.51. The molecule has 1 N–H and O–H groups in total. The lowest BCUT2D eigenvalue weighted by Gasteiger charge is -2.08. The molecule has 0 aliphatic carbocycles. The number of methoxy groups -OCH3 is 1. The second kappa shape index (κ2) is 8.07. The number of nitrogens with zero attached hydrogens (tertiary/aromatic N) is 5. The van der Waals surface area contributed by atoms with Crippen molar-refractivity contribution in [3.8, 4) is 17.0 Å². The summed E-state index contributed by atoms with van der Waals surface area (Å²) in [5, 5.41) is 7.78. The van der Waals surface area contributed by atoms with Gasteiger partial charge in [-0.3, -0.25) is 0 Å². The molecule has 0 radical (unpaired) electrons. The minimum Gasteiger partial charge on any atom is -0.497 e. The molecular weight excluding hydrogens is 373 g/mol. The van der Waals surface area contributed by atoms with E-state index < -0.39 is 18.1 Å². The van der Waals surface area contributed by atoms with Gasteiger partial charge in [-0.25, -0.2) is 28.9 Å². The number of nitrogens with one attached hydrogen (secondary N) is 1. The predicted octanol–water partition coefficient (Wildman–Crippen LogP) is 3.72. The van der Waals surface area contributed by atoms with Gasteiger partial charge in [0.15, 0.2) is 0 Å². The number of ether oxygens (including phenoxy) is 1. The number of benzene rings is 1. The number of rotatable bonds is 6. The molecule has 2 aromatic heterocycles. The molecule has 7 nitrogen and oxygen atoms in total. The van der Waals surface area contributed by atoms with E-state index >= 15 is 0 Å². The van der Waals surface area contributed by atoms with Crippen LogP contribution in [0.5, 0.6) is 5.75 Å². The van der Waals surface area contributed by atoms with E-state index in [0.29, 0.717) is 17.0 Å². The van der Waals surface area contributed by atoms with Crippen molar-refractivity contribution in [2.45, 2.75) is 13.3 Å². The largest absolute Gasteiger partial charge is 0.497 e. The van der Waals surface area contributed by atoms with Crippen molar-refractivity contribution < 1.29 is 17.9 Å². The van der Waals surface area contributed by atoms with E-state index in [0.717, 1.165) is 4.68 Å². The minimum atomic E-state index is -2.80. The minimum absolute atomic E-state index is 0.145. The van der Waals surface area contributed by atoms with E-state index in [1.807, 2.05) is 0 Å². The molecule has 0 saturated heterocycles. The zero-order valence-corrected chi connectivity index (χ0v) is 15.3. The van der Waals surface area contributed by atoms with Gasteiger partial charge in [-0.2, -0.15) is 14.6 Å². The van der Waals surface area contributed by atoms with Crippen LogP contribution in [0.3, 0.4) is 0 Å². The smallest absolute Gasteiger partial charge is 0.280 e. The van der Waals surface area contributed by atoms with Crippen LogP contribution in [0, 0.1) is 12.9 Å². The highest BCUT2D eigenvalue weighted by Crippen LogP contribution is 2.27. The van der Waals surface area contributed by atoms with Crippen LogP contribution in [0.25, 0.3) is 11.3 Å². The number of halogens is 3. The van der Waals surface area contributed by atoms with Crippen LogP contribution >= 0.6 is 0 Å². The van der Waals surface area contributed by atoms with Gasteiger partial charge in [-0.1, -0.05) is 12.1 Å². The first-order chi connectivity index (χ1) is 13.4. The van der Waals surface area contributed by atoms with Crippen LogP contribution in [-0.2, 0) is 7.05 Å². The maximum atomic E-state index is 13.9. The number of hydrogen-bond donors (Lipinski definition) is 1. The van der Waals surface area contributed by atoms with Crippen LogP contribution in [-0.4, -0.2) is 33.1 Å². The molecule has 0 fully saturated rings. The van der Waals surface area contributed by atoms with Gasteiger partial charge < -0.3 is 4.74 Å². The molecule has 0 aliphatic heterocycles. The van der Waals surface area contributed by atoms with Crippen LogP contribution in [0.4, 0.5) is 19.1 Å². The zero-order chi connectivity index (χ0) is 20.3. The molecule has 0 amide bonds. The van der Waals surface area contributed by atoms with Gasteiger partial charge in [0.25, 0.3) is 6.43 Å². The molecule has 0 atom stereocenters. The number of anilines is 1. The first-order valence-electron chi connectivity index (χ1n) is 8.18. The van der Waals surface area contributed by atoms with Crippen molar-refractivity contribution in [1.82, 2.24) is 19.7 Å². The second-order valence-electron chi connectivity index (χ2n) is 5.82. The molecule has 2 heterocycles. The van der Waals surface area contributed by atoms with Crippen LogP contribution in [0.2, 0.25) is 0 Å². The maximum Gasteiger partial charge on any atom is 0.280 e. The zero-order valence-electron chi connectivity index (χ0n) is 15.3. The highest BCUT2D eigenvalue weighted by atomic mass is 19.3. The Kier molecular flexibility index (Phi) is 5.57. The summed E-state index contributed by atoms with van der Waals surface area (Å²) in [6.07, 6.45) is -1.60. The lowest BCUT2D eigenvalue weighted by Crippen LogP contribution is -2.03. The summed E-state index contributed by atoms with van der Waals surface area (Å²) in [4.78, 5) is 7.95. The number of hydrazone groups is 1. The van der Waals surface area contributed by atoms with E-state index in [1.54, 1.807) is 31.2 Å². The Labute approximate surface area is 158 Å². The molecule has 10 heteroatoms. The summed E-state index contributed by atoms with van der Waals surface area (Å²) < 4.78 is 46.6. The van der Waals surface area contributed by atoms with Gasteiger partial charge in [0.05, 0.1) is 30.3 Å². The van der Waals surface area contributed by atoms with Crippen LogP contribution in [0.1, 0.15) is 23.4 Å². The third-order valence-electron chi connectivity index (χ3n) is 3.89. The summed E-state index contributed by atoms with van der Waals surface area (Å²) >= 11 is 0. The van der Waals surface area contributed by atoms with E-state index in [4.69, 9.17) is 4.74 Å². The average Bonchev–Trinajstić information content (AvgIpc) is 2.93. The van der Waals surface area contributed by atoms with Gasteiger partial charge in [-0.15, -0.1) is 0 Å². The van der Waals surface area contributed by atoms with Crippen molar-refractivity contribution in [2.75, 3.05) is 12.5 Å². The SMILES string of the molecule is COc1cccc(-c2cc(C(F)F)nc(N/N=C\c3c(C)nn(C)c3F)n2)c1. The molecular formula is C18H17F3N6O. The molecule has 0 bridgehead atoms. The lowest BCUT2D eigenvalue weighted by atomic mass is 10.1. The van der Waals surface area contributed by atoms with E-state index in [1.165, 1.54) is 26.4 Å². The Morgan fingerprint density at radius 1 is 1.25 bits per heavy atom. The van der Waals surface area contributed by atoms with Gasteiger partial charge in [-0.05, 0) is 25.1 Å². The molecule has 28 heavy (non-hydrogen) atoms. The first kappa shape index (κ1) is 19.3. The van der Waals surface area contributed by atoms with Crippen molar-refractivity contribution in [2.24, 2.45) is 12.1 Å². The van der Waals surface area contributed by atoms with Gasteiger partial charge in [0.1, 0.15) is 11.4 Å². The number of hydrogen-bond acceptors (Lipinski definition) is 6.